The lowest BCUT2D eigenvalue weighted by atomic mass is 9.85. The first kappa shape index (κ1) is 13.1. The summed E-state index contributed by atoms with van der Waals surface area (Å²) >= 11 is 0. The summed E-state index contributed by atoms with van der Waals surface area (Å²) in [7, 11) is 0. The molecule has 2 atom stereocenters. The lowest BCUT2D eigenvalue weighted by Gasteiger charge is -2.31. The van der Waals surface area contributed by atoms with Crippen molar-refractivity contribution in [3.63, 3.8) is 0 Å². The van der Waals surface area contributed by atoms with Crippen molar-refractivity contribution in [3.8, 4) is 0 Å². The van der Waals surface area contributed by atoms with Crippen molar-refractivity contribution in [2.75, 3.05) is 6.54 Å². The Labute approximate surface area is 109 Å². The number of aryl methyl sites for hydroxylation is 1. The highest BCUT2D eigenvalue weighted by atomic mass is 16.1. The molecule has 1 heterocycles. The fourth-order valence-corrected chi connectivity index (χ4v) is 2.73. The fourth-order valence-electron chi connectivity index (χ4n) is 2.73. The van der Waals surface area contributed by atoms with Crippen LogP contribution in [0.2, 0.25) is 0 Å². The Kier molecular flexibility index (Phi) is 4.37. The minimum absolute atomic E-state index is 0.0734. The van der Waals surface area contributed by atoms with Crippen LogP contribution in [0.15, 0.2) is 24.3 Å². The maximum Gasteiger partial charge on any atom is 0.222 e. The first-order valence-electron chi connectivity index (χ1n) is 6.84. The Balaban J connectivity index is 2.15. The van der Waals surface area contributed by atoms with Crippen molar-refractivity contribution in [1.29, 1.82) is 0 Å². The van der Waals surface area contributed by atoms with E-state index >= 15 is 0 Å². The number of carbonyl (C=O) groups is 1. The Morgan fingerprint density at radius 1 is 1.39 bits per heavy atom. The van der Waals surface area contributed by atoms with E-state index in [0.29, 0.717) is 0 Å². The van der Waals surface area contributed by atoms with Gasteiger partial charge in [0.25, 0.3) is 0 Å². The molecule has 1 fully saturated rings. The molecule has 1 aromatic carbocycles. The molecule has 0 spiro atoms. The van der Waals surface area contributed by atoms with Gasteiger partial charge in [-0.15, -0.1) is 0 Å². The monoisotopic (exact) mass is 246 g/mol. The third kappa shape index (κ3) is 2.91. The van der Waals surface area contributed by atoms with Gasteiger partial charge in [-0.05, 0) is 36.9 Å². The van der Waals surface area contributed by atoms with E-state index in [0.717, 1.165) is 32.2 Å². The van der Waals surface area contributed by atoms with Gasteiger partial charge in [-0.3, -0.25) is 4.79 Å². The second-order valence-electron chi connectivity index (χ2n) is 5.07. The van der Waals surface area contributed by atoms with Crippen LogP contribution >= 0.6 is 0 Å². The molecule has 1 aliphatic rings. The van der Waals surface area contributed by atoms with Gasteiger partial charge >= 0.3 is 0 Å². The van der Waals surface area contributed by atoms with Crippen molar-refractivity contribution in [2.24, 2.45) is 11.7 Å². The molecule has 2 rings (SSSR count). The molecule has 98 valence electrons. The molecule has 2 unspecified atom stereocenters. The van der Waals surface area contributed by atoms with E-state index in [-0.39, 0.29) is 17.9 Å². The van der Waals surface area contributed by atoms with Gasteiger partial charge in [-0.1, -0.05) is 37.6 Å². The lowest BCUT2D eigenvalue weighted by Crippen LogP contribution is -2.40. The van der Waals surface area contributed by atoms with Crippen molar-refractivity contribution >= 4 is 5.91 Å². The Morgan fingerprint density at radius 3 is 2.72 bits per heavy atom. The first-order valence-corrected chi connectivity index (χ1v) is 6.84. The SMILES string of the molecule is CCCc1ccc(C2NCCCC2C(N)=O)cc1. The molecule has 0 saturated carbocycles. The zero-order valence-electron chi connectivity index (χ0n) is 11.0. The number of benzene rings is 1. The van der Waals surface area contributed by atoms with Crippen LogP contribution in [0.4, 0.5) is 0 Å². The van der Waals surface area contributed by atoms with E-state index in [1.807, 2.05) is 0 Å². The van der Waals surface area contributed by atoms with Crippen molar-refractivity contribution < 1.29 is 4.79 Å². The van der Waals surface area contributed by atoms with Gasteiger partial charge in [0.1, 0.15) is 0 Å². The Hall–Kier alpha value is -1.35. The summed E-state index contributed by atoms with van der Waals surface area (Å²) in [5, 5.41) is 3.42. The van der Waals surface area contributed by atoms with Gasteiger partial charge in [0.05, 0.1) is 5.92 Å². The summed E-state index contributed by atoms with van der Waals surface area (Å²) in [5.41, 5.74) is 8.03. The average molecular weight is 246 g/mol. The van der Waals surface area contributed by atoms with Gasteiger partial charge in [-0.2, -0.15) is 0 Å². The molecule has 3 nitrogen and oxygen atoms in total. The first-order chi connectivity index (χ1) is 8.72. The van der Waals surface area contributed by atoms with Crippen LogP contribution in [0.25, 0.3) is 0 Å². The van der Waals surface area contributed by atoms with Crippen LogP contribution in [-0.4, -0.2) is 12.5 Å². The third-order valence-corrected chi connectivity index (χ3v) is 3.70. The topological polar surface area (TPSA) is 55.1 Å². The predicted octanol–water partition coefficient (Wildman–Crippen LogP) is 2.17. The van der Waals surface area contributed by atoms with Crippen LogP contribution in [0, 0.1) is 5.92 Å². The molecule has 1 aliphatic heterocycles. The van der Waals surface area contributed by atoms with E-state index in [2.05, 4.69) is 36.5 Å². The number of nitrogens with two attached hydrogens (primary N) is 1. The number of carbonyl (C=O) groups excluding carboxylic acids is 1. The number of rotatable bonds is 4. The second-order valence-corrected chi connectivity index (χ2v) is 5.07. The van der Waals surface area contributed by atoms with Crippen molar-refractivity contribution in [3.05, 3.63) is 35.4 Å². The minimum Gasteiger partial charge on any atom is -0.369 e. The van der Waals surface area contributed by atoms with E-state index in [1.54, 1.807) is 0 Å². The zero-order chi connectivity index (χ0) is 13.0. The molecule has 3 heteroatoms. The zero-order valence-corrected chi connectivity index (χ0v) is 11.0. The van der Waals surface area contributed by atoms with Crippen LogP contribution in [0.3, 0.4) is 0 Å². The van der Waals surface area contributed by atoms with E-state index in [9.17, 15) is 4.79 Å². The number of hydrogen-bond acceptors (Lipinski definition) is 2. The molecule has 0 aliphatic carbocycles. The van der Waals surface area contributed by atoms with E-state index in [1.165, 1.54) is 11.1 Å². The highest BCUT2D eigenvalue weighted by Gasteiger charge is 2.29. The standard InChI is InChI=1S/C15H22N2O/c1-2-4-11-6-8-12(9-7-11)14-13(15(16)18)5-3-10-17-14/h6-9,13-14,17H,2-5,10H2,1H3,(H2,16,18). The van der Waals surface area contributed by atoms with E-state index < -0.39 is 0 Å². The quantitative estimate of drug-likeness (QED) is 0.855. The molecular weight excluding hydrogens is 224 g/mol. The summed E-state index contributed by atoms with van der Waals surface area (Å²) in [6, 6.07) is 8.67. The van der Waals surface area contributed by atoms with Crippen molar-refractivity contribution in [1.82, 2.24) is 5.32 Å². The third-order valence-electron chi connectivity index (χ3n) is 3.70. The summed E-state index contributed by atoms with van der Waals surface area (Å²) in [4.78, 5) is 11.5. The molecule has 18 heavy (non-hydrogen) atoms. The highest BCUT2D eigenvalue weighted by Crippen LogP contribution is 2.29. The van der Waals surface area contributed by atoms with Crippen LogP contribution in [0.1, 0.15) is 43.4 Å². The highest BCUT2D eigenvalue weighted by molar-refractivity contribution is 5.77. The number of piperidine rings is 1. The smallest absolute Gasteiger partial charge is 0.222 e. The van der Waals surface area contributed by atoms with Crippen LogP contribution in [-0.2, 0) is 11.2 Å². The molecule has 0 radical (unpaired) electrons. The normalized spacial score (nSPS) is 23.8. The summed E-state index contributed by atoms with van der Waals surface area (Å²) < 4.78 is 0. The molecule has 1 aromatic rings. The second kappa shape index (κ2) is 6.01. The number of amides is 1. The van der Waals surface area contributed by atoms with Crippen LogP contribution in [0.5, 0.6) is 0 Å². The fraction of sp³-hybridized carbons (Fsp3) is 0.533. The van der Waals surface area contributed by atoms with E-state index in [4.69, 9.17) is 5.73 Å². The van der Waals surface area contributed by atoms with Crippen LogP contribution < -0.4 is 11.1 Å². The predicted molar refractivity (Wildman–Crippen MR) is 73.1 cm³/mol. The largest absolute Gasteiger partial charge is 0.369 e. The van der Waals surface area contributed by atoms with Gasteiger partial charge in [0.15, 0.2) is 0 Å². The molecule has 0 aromatic heterocycles. The maximum absolute atomic E-state index is 11.5. The average Bonchev–Trinajstić information content (AvgIpc) is 2.40. The van der Waals surface area contributed by atoms with Gasteiger partial charge < -0.3 is 11.1 Å². The number of nitrogens with one attached hydrogen (secondary N) is 1. The molecule has 1 amide bonds. The Bertz CT molecular complexity index is 399. The summed E-state index contributed by atoms with van der Waals surface area (Å²) in [6.07, 6.45) is 4.18. The molecule has 0 bridgehead atoms. The lowest BCUT2D eigenvalue weighted by molar-refractivity contribution is -0.123. The minimum atomic E-state index is -0.190. The van der Waals surface area contributed by atoms with Gasteiger partial charge in [0, 0.05) is 6.04 Å². The molecule has 1 saturated heterocycles. The maximum atomic E-state index is 11.5. The summed E-state index contributed by atoms with van der Waals surface area (Å²) in [6.45, 7) is 3.14. The molecule has 3 N–H and O–H groups in total. The summed E-state index contributed by atoms with van der Waals surface area (Å²) in [5.74, 6) is -0.263. The van der Waals surface area contributed by atoms with Gasteiger partial charge in [-0.25, -0.2) is 0 Å². The van der Waals surface area contributed by atoms with Crippen molar-refractivity contribution in [2.45, 2.75) is 38.6 Å². The Morgan fingerprint density at radius 2 is 2.11 bits per heavy atom. The number of primary amides is 1. The molecular formula is C15H22N2O. The number of hydrogen-bond donors (Lipinski definition) is 2. The van der Waals surface area contributed by atoms with Gasteiger partial charge in [0.2, 0.25) is 5.91 Å².